The van der Waals surface area contributed by atoms with Gasteiger partial charge in [0.1, 0.15) is 36.2 Å². The molecule has 4 aliphatic rings. The van der Waals surface area contributed by atoms with Gasteiger partial charge in [0, 0.05) is 24.7 Å². The first-order valence-electron chi connectivity index (χ1n) is 13.8. The van der Waals surface area contributed by atoms with E-state index in [1.54, 1.807) is 9.47 Å². The molecule has 7 rings (SSSR count). The average Bonchev–Trinajstić information content (AvgIpc) is 3.65. The van der Waals surface area contributed by atoms with Crippen molar-refractivity contribution < 1.29 is 47.9 Å². The Hall–Kier alpha value is -4.43. The standard InChI is InChI=1S/C29H27F2N3O9/c30-20-5-15(33-8-17(10-35)43-28(33)39)3-4-22(20)42-13-29(40)7-16-11-41-26-23-18(6-21(31)24(26)34(16)12-29)25(36)19(27(37)38)9-32(23)14-1-2-14/h3-6,9,14,16-17,35,40H,1-2,7-8,10-13H2,(H,37,38)/t16-,17+,29-/m0/s1. The van der Waals surface area contributed by atoms with E-state index < -0.39 is 52.4 Å². The molecular weight excluding hydrogens is 572 g/mol. The fraction of sp³-hybridized carbons (Fsp3) is 0.414. The molecule has 1 amide bonds. The van der Waals surface area contributed by atoms with Gasteiger partial charge in [0.2, 0.25) is 5.43 Å². The van der Waals surface area contributed by atoms with Crippen LogP contribution in [0.25, 0.3) is 10.9 Å². The number of carbonyl (C=O) groups excluding carboxylic acids is 1. The molecule has 2 aromatic carbocycles. The van der Waals surface area contributed by atoms with Crippen molar-refractivity contribution in [3.63, 3.8) is 0 Å². The summed E-state index contributed by atoms with van der Waals surface area (Å²) in [4.78, 5) is 39.6. The zero-order valence-corrected chi connectivity index (χ0v) is 22.7. The van der Waals surface area contributed by atoms with Gasteiger partial charge in [-0.25, -0.2) is 18.4 Å². The number of cyclic esters (lactones) is 1. The summed E-state index contributed by atoms with van der Waals surface area (Å²) < 4.78 is 48.9. The summed E-state index contributed by atoms with van der Waals surface area (Å²) >= 11 is 0. The predicted molar refractivity (Wildman–Crippen MR) is 146 cm³/mol. The molecule has 43 heavy (non-hydrogen) atoms. The molecule has 1 aromatic heterocycles. The molecule has 1 aliphatic carbocycles. The van der Waals surface area contributed by atoms with Crippen LogP contribution in [0.1, 0.15) is 35.7 Å². The van der Waals surface area contributed by atoms with Gasteiger partial charge in [-0.2, -0.15) is 0 Å². The first kappa shape index (κ1) is 27.4. The number of anilines is 2. The van der Waals surface area contributed by atoms with Crippen LogP contribution in [0.3, 0.4) is 0 Å². The summed E-state index contributed by atoms with van der Waals surface area (Å²) in [7, 11) is 0. The van der Waals surface area contributed by atoms with Crippen LogP contribution in [0.5, 0.6) is 11.5 Å². The Labute approximate surface area is 242 Å². The number of aliphatic hydroxyl groups is 2. The predicted octanol–water partition coefficient (Wildman–Crippen LogP) is 2.41. The minimum atomic E-state index is -1.52. The van der Waals surface area contributed by atoms with E-state index in [2.05, 4.69) is 0 Å². The van der Waals surface area contributed by atoms with Crippen LogP contribution < -0.4 is 24.7 Å². The number of ether oxygens (including phenoxy) is 3. The summed E-state index contributed by atoms with van der Waals surface area (Å²) in [5.74, 6) is -3.01. The molecule has 226 valence electrons. The zero-order chi connectivity index (χ0) is 30.2. The van der Waals surface area contributed by atoms with Crippen molar-refractivity contribution >= 4 is 34.3 Å². The minimum absolute atomic E-state index is 0.0468. The van der Waals surface area contributed by atoms with Gasteiger partial charge in [0.25, 0.3) is 0 Å². The fourth-order valence-corrected chi connectivity index (χ4v) is 6.21. The Kier molecular flexibility index (Phi) is 6.25. The molecule has 0 radical (unpaired) electrons. The molecule has 0 unspecified atom stereocenters. The van der Waals surface area contributed by atoms with Gasteiger partial charge in [0.05, 0.1) is 42.3 Å². The maximum absolute atomic E-state index is 15.7. The number of carbonyl (C=O) groups is 2. The van der Waals surface area contributed by atoms with E-state index in [9.17, 15) is 34.1 Å². The molecule has 0 bridgehead atoms. The van der Waals surface area contributed by atoms with E-state index in [4.69, 9.17) is 14.2 Å². The van der Waals surface area contributed by atoms with Gasteiger partial charge in [0.15, 0.2) is 23.1 Å². The van der Waals surface area contributed by atoms with Crippen molar-refractivity contribution in [2.45, 2.75) is 43.1 Å². The number of aromatic carboxylic acids is 1. The van der Waals surface area contributed by atoms with Crippen molar-refractivity contribution in [2.24, 2.45) is 0 Å². The lowest BCUT2D eigenvalue weighted by Crippen LogP contribution is -2.41. The van der Waals surface area contributed by atoms with Crippen molar-refractivity contribution in [1.29, 1.82) is 0 Å². The molecule has 3 N–H and O–H groups in total. The third-order valence-corrected chi connectivity index (χ3v) is 8.40. The van der Waals surface area contributed by atoms with Gasteiger partial charge >= 0.3 is 12.1 Å². The highest BCUT2D eigenvalue weighted by molar-refractivity contribution is 5.97. The van der Waals surface area contributed by atoms with Crippen LogP contribution in [0.4, 0.5) is 25.0 Å². The molecule has 3 aromatic rings. The normalized spacial score (nSPS) is 24.5. The average molecular weight is 600 g/mol. The summed E-state index contributed by atoms with van der Waals surface area (Å²) in [6, 6.07) is 4.41. The van der Waals surface area contributed by atoms with Gasteiger partial charge in [-0.3, -0.25) is 9.69 Å². The zero-order valence-electron chi connectivity index (χ0n) is 22.7. The number of nitrogens with zero attached hydrogens (tertiary/aromatic N) is 3. The van der Waals surface area contributed by atoms with E-state index in [1.807, 2.05) is 0 Å². The number of aromatic nitrogens is 1. The van der Waals surface area contributed by atoms with Crippen molar-refractivity contribution in [3.8, 4) is 11.5 Å². The number of benzene rings is 2. The lowest BCUT2D eigenvalue weighted by Gasteiger charge is -2.34. The van der Waals surface area contributed by atoms with Gasteiger partial charge in [-0.15, -0.1) is 0 Å². The van der Waals surface area contributed by atoms with Gasteiger partial charge in [-0.05, 0) is 31.0 Å². The fourth-order valence-electron chi connectivity index (χ4n) is 6.21. The highest BCUT2D eigenvalue weighted by Crippen LogP contribution is 2.48. The van der Waals surface area contributed by atoms with E-state index in [-0.39, 0.29) is 73.6 Å². The molecule has 3 aliphatic heterocycles. The molecule has 3 atom stereocenters. The molecule has 0 spiro atoms. The largest absolute Gasteiger partial charge is 0.487 e. The van der Waals surface area contributed by atoms with Crippen molar-refractivity contribution in [1.82, 2.24) is 4.57 Å². The number of carboxylic acids is 1. The maximum Gasteiger partial charge on any atom is 0.414 e. The Bertz CT molecular complexity index is 1740. The van der Waals surface area contributed by atoms with E-state index in [1.165, 1.54) is 23.2 Å². The first-order valence-corrected chi connectivity index (χ1v) is 13.8. The Morgan fingerprint density at radius 1 is 1.14 bits per heavy atom. The van der Waals surface area contributed by atoms with Gasteiger partial charge < -0.3 is 39.0 Å². The lowest BCUT2D eigenvalue weighted by molar-refractivity contribution is 0.00980. The quantitative estimate of drug-likeness (QED) is 0.369. The number of carboxylic acid groups (broad SMARTS) is 1. The molecular formula is C29H27F2N3O9. The van der Waals surface area contributed by atoms with Crippen LogP contribution in [0.15, 0.2) is 35.3 Å². The van der Waals surface area contributed by atoms with Crippen molar-refractivity contribution in [3.05, 3.63) is 57.9 Å². The summed E-state index contributed by atoms with van der Waals surface area (Å²) in [6.45, 7) is -0.618. The topological polar surface area (TPSA) is 151 Å². The van der Waals surface area contributed by atoms with Crippen LogP contribution in [0.2, 0.25) is 0 Å². The monoisotopic (exact) mass is 599 g/mol. The summed E-state index contributed by atoms with van der Waals surface area (Å²) in [5.41, 5.74) is -2.17. The third-order valence-electron chi connectivity index (χ3n) is 8.40. The molecule has 4 heterocycles. The smallest absolute Gasteiger partial charge is 0.414 e. The maximum atomic E-state index is 15.7. The van der Waals surface area contributed by atoms with E-state index >= 15 is 4.39 Å². The number of amides is 1. The summed E-state index contributed by atoms with van der Waals surface area (Å²) in [6.07, 6.45) is 1.54. The molecule has 12 nitrogen and oxygen atoms in total. The lowest BCUT2D eigenvalue weighted by atomic mass is 10.0. The van der Waals surface area contributed by atoms with Crippen LogP contribution in [-0.2, 0) is 4.74 Å². The van der Waals surface area contributed by atoms with Crippen LogP contribution in [-0.4, -0.2) is 82.6 Å². The van der Waals surface area contributed by atoms with Crippen molar-refractivity contribution in [2.75, 3.05) is 42.7 Å². The summed E-state index contributed by atoms with van der Waals surface area (Å²) in [5, 5.41) is 30.1. The Morgan fingerprint density at radius 3 is 2.60 bits per heavy atom. The number of pyridine rings is 1. The minimum Gasteiger partial charge on any atom is -0.487 e. The molecule has 14 heteroatoms. The van der Waals surface area contributed by atoms with Crippen LogP contribution >= 0.6 is 0 Å². The second-order valence-electron chi connectivity index (χ2n) is 11.5. The van der Waals surface area contributed by atoms with E-state index in [0.29, 0.717) is 5.52 Å². The third kappa shape index (κ3) is 4.52. The number of halogens is 2. The molecule has 1 saturated carbocycles. The number of hydrogen-bond donors (Lipinski definition) is 3. The number of hydrogen-bond acceptors (Lipinski definition) is 9. The number of aliphatic hydroxyl groups excluding tert-OH is 1. The SMILES string of the molecule is O=C(O)c1cn(C2CC2)c2c3c(c(F)cc2c1=O)N1C[C@](O)(COc2ccc(N4C[C@H](CO)OC4=O)cc2F)C[C@H]1CO3. The van der Waals surface area contributed by atoms with Gasteiger partial charge in [-0.1, -0.05) is 0 Å². The van der Waals surface area contributed by atoms with Crippen LogP contribution in [0, 0.1) is 11.6 Å². The number of fused-ring (bicyclic) bond motifs is 5. The number of rotatable bonds is 7. The Morgan fingerprint density at radius 2 is 1.93 bits per heavy atom. The first-order chi connectivity index (χ1) is 20.6. The van der Waals surface area contributed by atoms with E-state index in [0.717, 1.165) is 25.0 Å². The molecule has 2 saturated heterocycles. The highest BCUT2D eigenvalue weighted by atomic mass is 19.1. The Balaban J connectivity index is 1.15. The second-order valence-corrected chi connectivity index (χ2v) is 11.5. The highest BCUT2D eigenvalue weighted by Gasteiger charge is 2.48. The molecule has 3 fully saturated rings. The second kappa shape index (κ2) is 9.81.